The lowest BCUT2D eigenvalue weighted by molar-refractivity contribution is 0.307. The van der Waals surface area contributed by atoms with Crippen molar-refractivity contribution in [2.75, 3.05) is 20.3 Å². The molecule has 0 spiro atoms. The van der Waals surface area contributed by atoms with Gasteiger partial charge in [0.2, 0.25) is 0 Å². The molecular formula is C24H29FN2O3. The minimum atomic E-state index is -0.526. The van der Waals surface area contributed by atoms with Crippen LogP contribution in [0.2, 0.25) is 0 Å². The van der Waals surface area contributed by atoms with E-state index in [1.165, 1.54) is 6.07 Å². The number of ether oxygens (including phenoxy) is 2. The molecule has 0 aliphatic heterocycles. The molecule has 0 unspecified atom stereocenters. The van der Waals surface area contributed by atoms with Crippen LogP contribution in [-0.2, 0) is 6.42 Å². The number of nitrogens with one attached hydrogen (secondary N) is 1. The van der Waals surface area contributed by atoms with E-state index in [4.69, 9.17) is 15.2 Å². The summed E-state index contributed by atoms with van der Waals surface area (Å²) in [6.07, 6.45) is 5.87. The van der Waals surface area contributed by atoms with Gasteiger partial charge in [0.1, 0.15) is 17.3 Å². The van der Waals surface area contributed by atoms with E-state index in [0.717, 1.165) is 31.2 Å². The Kier molecular flexibility index (Phi) is 7.46. The number of nitrogens with two attached hydrogens (primary N) is 1. The van der Waals surface area contributed by atoms with E-state index >= 15 is 4.39 Å². The van der Waals surface area contributed by atoms with Gasteiger partial charge in [-0.2, -0.15) is 0 Å². The van der Waals surface area contributed by atoms with Gasteiger partial charge in [0.25, 0.3) is 0 Å². The van der Waals surface area contributed by atoms with Gasteiger partial charge >= 0.3 is 0 Å². The fourth-order valence-electron chi connectivity index (χ4n) is 3.51. The van der Waals surface area contributed by atoms with Crippen molar-refractivity contribution in [2.45, 2.75) is 39.0 Å². The first-order valence-electron chi connectivity index (χ1n) is 10.4. The van der Waals surface area contributed by atoms with E-state index in [9.17, 15) is 4.79 Å². The quantitative estimate of drug-likeness (QED) is 0.469. The van der Waals surface area contributed by atoms with E-state index in [2.05, 4.69) is 11.9 Å². The van der Waals surface area contributed by atoms with Gasteiger partial charge in [-0.15, -0.1) is 0 Å². The highest BCUT2D eigenvalue weighted by Crippen LogP contribution is 2.32. The van der Waals surface area contributed by atoms with Gasteiger partial charge in [-0.1, -0.05) is 25.5 Å². The van der Waals surface area contributed by atoms with Crippen molar-refractivity contribution in [3.8, 4) is 22.6 Å². The number of fused-ring (bicyclic) bond motifs is 1. The third-order valence-corrected chi connectivity index (χ3v) is 5.19. The second-order valence-corrected chi connectivity index (χ2v) is 7.30. The fraction of sp³-hybridized carbons (Fsp3) is 0.375. The number of aromatic nitrogens is 1. The van der Waals surface area contributed by atoms with Gasteiger partial charge in [-0.3, -0.25) is 4.79 Å². The number of hydrogen-bond donors (Lipinski definition) is 2. The Labute approximate surface area is 176 Å². The molecule has 0 fully saturated rings. The summed E-state index contributed by atoms with van der Waals surface area (Å²) in [7, 11) is 1.58. The monoisotopic (exact) mass is 412 g/mol. The predicted octanol–water partition coefficient (Wildman–Crippen LogP) is 4.80. The molecule has 1 heterocycles. The Morgan fingerprint density at radius 1 is 1.13 bits per heavy atom. The number of halogens is 1. The van der Waals surface area contributed by atoms with Crippen LogP contribution in [0.1, 0.15) is 38.2 Å². The number of aryl methyl sites for hydroxylation is 1. The maximum atomic E-state index is 15.1. The molecule has 3 aromatic rings. The van der Waals surface area contributed by atoms with Gasteiger partial charge in [-0.05, 0) is 61.6 Å². The second-order valence-electron chi connectivity index (χ2n) is 7.30. The van der Waals surface area contributed by atoms with Gasteiger partial charge in [0.05, 0.1) is 24.6 Å². The Hall–Kier alpha value is -2.86. The number of aromatic amines is 1. The molecule has 0 amide bonds. The van der Waals surface area contributed by atoms with Crippen molar-refractivity contribution >= 4 is 10.9 Å². The number of pyridine rings is 1. The Morgan fingerprint density at radius 3 is 2.57 bits per heavy atom. The number of methoxy groups -OCH3 is 1. The predicted molar refractivity (Wildman–Crippen MR) is 119 cm³/mol. The molecule has 0 saturated carbocycles. The number of hydrogen-bond acceptors (Lipinski definition) is 4. The minimum absolute atomic E-state index is 0.0254. The molecular weight excluding hydrogens is 383 g/mol. The van der Waals surface area contributed by atoms with E-state index in [-0.39, 0.29) is 10.8 Å². The summed E-state index contributed by atoms with van der Waals surface area (Å²) in [5.74, 6) is 0.730. The smallest absolute Gasteiger partial charge is 0.200 e. The number of rotatable bonds is 10. The molecule has 1 aromatic heterocycles. The van der Waals surface area contributed by atoms with Crippen LogP contribution < -0.4 is 20.6 Å². The summed E-state index contributed by atoms with van der Waals surface area (Å²) in [5.41, 5.74) is 7.49. The summed E-state index contributed by atoms with van der Waals surface area (Å²) in [6, 6.07) is 8.56. The van der Waals surface area contributed by atoms with Gasteiger partial charge < -0.3 is 20.2 Å². The lowest BCUT2D eigenvalue weighted by atomic mass is 10.00. The van der Waals surface area contributed by atoms with Crippen molar-refractivity contribution in [3.05, 3.63) is 58.1 Å². The summed E-state index contributed by atoms with van der Waals surface area (Å²) in [5, 5.41) is 0.0254. The minimum Gasteiger partial charge on any atom is -0.497 e. The first kappa shape index (κ1) is 21.8. The van der Waals surface area contributed by atoms with Crippen LogP contribution in [0.15, 0.2) is 41.3 Å². The fourth-order valence-corrected chi connectivity index (χ4v) is 3.51. The van der Waals surface area contributed by atoms with Crippen LogP contribution in [0.4, 0.5) is 4.39 Å². The molecule has 3 N–H and O–H groups in total. The van der Waals surface area contributed by atoms with E-state index < -0.39 is 5.82 Å². The molecule has 2 aromatic carbocycles. The highest BCUT2D eigenvalue weighted by Gasteiger charge is 2.19. The summed E-state index contributed by atoms with van der Waals surface area (Å²) >= 11 is 0. The maximum Gasteiger partial charge on any atom is 0.200 e. The molecule has 6 heteroatoms. The van der Waals surface area contributed by atoms with Crippen LogP contribution in [0.3, 0.4) is 0 Å². The molecule has 0 saturated heterocycles. The van der Waals surface area contributed by atoms with E-state index in [0.29, 0.717) is 47.7 Å². The highest BCUT2D eigenvalue weighted by molar-refractivity contribution is 5.89. The number of benzene rings is 2. The zero-order valence-electron chi connectivity index (χ0n) is 17.6. The lowest BCUT2D eigenvalue weighted by Gasteiger charge is -2.16. The van der Waals surface area contributed by atoms with Gasteiger partial charge in [0.15, 0.2) is 5.43 Å². The second kappa shape index (κ2) is 10.3. The molecule has 30 heavy (non-hydrogen) atoms. The van der Waals surface area contributed by atoms with Gasteiger partial charge in [0, 0.05) is 11.8 Å². The average Bonchev–Trinajstić information content (AvgIpc) is 2.76. The molecule has 160 valence electrons. The van der Waals surface area contributed by atoms with Crippen molar-refractivity contribution < 1.29 is 13.9 Å². The Morgan fingerprint density at radius 2 is 1.90 bits per heavy atom. The highest BCUT2D eigenvalue weighted by atomic mass is 19.1. The summed E-state index contributed by atoms with van der Waals surface area (Å²) < 4.78 is 26.3. The van der Waals surface area contributed by atoms with Crippen molar-refractivity contribution in [1.82, 2.24) is 4.98 Å². The molecule has 3 rings (SSSR count). The number of unbranched alkanes of at least 4 members (excludes halogenated alkanes) is 2. The van der Waals surface area contributed by atoms with Crippen molar-refractivity contribution in [2.24, 2.45) is 5.73 Å². The summed E-state index contributed by atoms with van der Waals surface area (Å²) in [6.45, 7) is 3.15. The van der Waals surface area contributed by atoms with Crippen molar-refractivity contribution in [1.29, 1.82) is 0 Å². The first-order chi connectivity index (χ1) is 14.6. The zero-order valence-corrected chi connectivity index (χ0v) is 17.6. The molecule has 0 radical (unpaired) electrons. The largest absolute Gasteiger partial charge is 0.497 e. The number of H-pyrrole nitrogens is 1. The normalized spacial score (nSPS) is 11.1. The van der Waals surface area contributed by atoms with Crippen LogP contribution in [0.5, 0.6) is 11.5 Å². The van der Waals surface area contributed by atoms with Gasteiger partial charge in [-0.25, -0.2) is 4.39 Å². The maximum absolute atomic E-state index is 15.1. The topological polar surface area (TPSA) is 77.3 Å². The Balaban J connectivity index is 2.10. The zero-order chi connectivity index (χ0) is 21.5. The van der Waals surface area contributed by atoms with E-state index in [1.54, 1.807) is 37.6 Å². The van der Waals surface area contributed by atoms with E-state index in [1.807, 2.05) is 0 Å². The molecule has 0 atom stereocenters. The molecule has 0 bridgehead atoms. The van der Waals surface area contributed by atoms with Crippen LogP contribution in [0.25, 0.3) is 22.0 Å². The molecule has 0 aliphatic carbocycles. The Bertz CT molecular complexity index is 1040. The molecule has 5 nitrogen and oxygen atoms in total. The standard InChI is InChI=1S/C24H29FN2O3/c1-3-4-7-17-14-20(25)21-22(24(17)30-13-6-5-12-26)27-15-19(23(21)28)16-8-10-18(29-2)11-9-16/h8-11,14-15H,3-7,12-13,26H2,1-2H3,(H,27,28). The third-order valence-electron chi connectivity index (χ3n) is 5.19. The third kappa shape index (κ3) is 4.65. The lowest BCUT2D eigenvalue weighted by Crippen LogP contribution is -2.12. The van der Waals surface area contributed by atoms with Crippen LogP contribution in [0, 0.1) is 5.82 Å². The van der Waals surface area contributed by atoms with Crippen LogP contribution >= 0.6 is 0 Å². The van der Waals surface area contributed by atoms with Crippen molar-refractivity contribution in [3.63, 3.8) is 0 Å². The molecule has 0 aliphatic rings. The summed E-state index contributed by atoms with van der Waals surface area (Å²) in [4.78, 5) is 16.3. The SMILES string of the molecule is CCCCc1cc(F)c2c(=O)c(-c3ccc(OC)cc3)c[nH]c2c1OCCCCN. The van der Waals surface area contributed by atoms with Crippen LogP contribution in [-0.4, -0.2) is 25.2 Å². The average molecular weight is 413 g/mol. The first-order valence-corrected chi connectivity index (χ1v) is 10.4.